The zero-order valence-electron chi connectivity index (χ0n) is 14.3. The Morgan fingerprint density at radius 3 is 2.46 bits per heavy atom. The summed E-state index contributed by atoms with van der Waals surface area (Å²) in [5.74, 6) is -0.497. The molecular formula is C17H17Cl4NO4. The SMILES string of the molecule is COC(=O)C(C)(C)[C@H]1c2cccc(Cl)c2C=CN1C(=O)OCC(Cl)(Cl)Cl. The van der Waals surface area contributed by atoms with E-state index in [2.05, 4.69) is 0 Å². The second-order valence-corrected chi connectivity index (χ2v) is 9.17. The van der Waals surface area contributed by atoms with Gasteiger partial charge >= 0.3 is 12.1 Å². The highest BCUT2D eigenvalue weighted by Gasteiger charge is 2.46. The second kappa shape index (κ2) is 7.85. The van der Waals surface area contributed by atoms with Crippen LogP contribution in [0.1, 0.15) is 31.0 Å². The fourth-order valence-corrected chi connectivity index (χ4v) is 3.26. The van der Waals surface area contributed by atoms with Gasteiger partial charge < -0.3 is 9.47 Å². The molecule has 1 heterocycles. The molecule has 0 radical (unpaired) electrons. The molecule has 142 valence electrons. The van der Waals surface area contributed by atoms with Crippen LogP contribution in [0.3, 0.4) is 0 Å². The predicted octanol–water partition coefficient (Wildman–Crippen LogP) is 5.37. The number of amides is 1. The number of hydrogen-bond acceptors (Lipinski definition) is 4. The molecule has 0 bridgehead atoms. The van der Waals surface area contributed by atoms with E-state index in [1.54, 1.807) is 38.1 Å². The molecule has 9 heteroatoms. The lowest BCUT2D eigenvalue weighted by atomic mass is 9.77. The van der Waals surface area contributed by atoms with Gasteiger partial charge in [0.15, 0.2) is 0 Å². The van der Waals surface area contributed by atoms with Crippen molar-refractivity contribution in [2.75, 3.05) is 13.7 Å². The molecule has 2 rings (SSSR count). The van der Waals surface area contributed by atoms with Crippen LogP contribution in [0, 0.1) is 5.41 Å². The van der Waals surface area contributed by atoms with Gasteiger partial charge in [-0.15, -0.1) is 0 Å². The number of ether oxygens (including phenoxy) is 2. The molecular weight excluding hydrogens is 424 g/mol. The zero-order chi connectivity index (χ0) is 19.7. The number of esters is 1. The maximum atomic E-state index is 12.6. The maximum Gasteiger partial charge on any atom is 0.414 e. The lowest BCUT2D eigenvalue weighted by Gasteiger charge is -2.41. The van der Waals surface area contributed by atoms with Gasteiger partial charge in [-0.1, -0.05) is 58.5 Å². The van der Waals surface area contributed by atoms with E-state index < -0.39 is 33.9 Å². The van der Waals surface area contributed by atoms with Gasteiger partial charge in [-0.25, -0.2) is 4.79 Å². The van der Waals surface area contributed by atoms with Crippen molar-refractivity contribution in [1.82, 2.24) is 4.90 Å². The molecule has 26 heavy (non-hydrogen) atoms. The van der Waals surface area contributed by atoms with Crippen LogP contribution in [0.5, 0.6) is 0 Å². The molecule has 0 unspecified atom stereocenters. The van der Waals surface area contributed by atoms with Crippen LogP contribution in [0.25, 0.3) is 6.08 Å². The summed E-state index contributed by atoms with van der Waals surface area (Å²) in [5, 5.41) is 0.499. The van der Waals surface area contributed by atoms with E-state index in [1.165, 1.54) is 18.2 Å². The van der Waals surface area contributed by atoms with Gasteiger partial charge in [0.25, 0.3) is 0 Å². The predicted molar refractivity (Wildman–Crippen MR) is 103 cm³/mol. The largest absolute Gasteiger partial charge is 0.469 e. The van der Waals surface area contributed by atoms with E-state index in [9.17, 15) is 9.59 Å². The van der Waals surface area contributed by atoms with Crippen molar-refractivity contribution in [3.63, 3.8) is 0 Å². The van der Waals surface area contributed by atoms with Crippen molar-refractivity contribution in [3.8, 4) is 0 Å². The minimum atomic E-state index is -1.75. The van der Waals surface area contributed by atoms with Crippen molar-refractivity contribution in [2.45, 2.75) is 23.7 Å². The fraction of sp³-hybridized carbons (Fsp3) is 0.412. The maximum absolute atomic E-state index is 12.6. The number of fused-ring (bicyclic) bond motifs is 1. The van der Waals surface area contributed by atoms with Gasteiger partial charge in [-0.3, -0.25) is 9.69 Å². The summed E-state index contributed by atoms with van der Waals surface area (Å²) >= 11 is 23.2. The molecule has 1 atom stereocenters. The molecule has 0 saturated carbocycles. The molecule has 0 N–H and O–H groups in total. The number of nitrogens with zero attached hydrogens (tertiary/aromatic N) is 1. The number of hydrogen-bond donors (Lipinski definition) is 0. The van der Waals surface area contributed by atoms with Crippen LogP contribution in [0.4, 0.5) is 4.79 Å². The number of methoxy groups -OCH3 is 1. The summed E-state index contributed by atoms with van der Waals surface area (Å²) < 4.78 is 8.26. The van der Waals surface area contributed by atoms with E-state index >= 15 is 0 Å². The number of benzene rings is 1. The Morgan fingerprint density at radius 1 is 1.23 bits per heavy atom. The second-order valence-electron chi connectivity index (χ2n) is 6.25. The summed E-state index contributed by atoms with van der Waals surface area (Å²) in [5.41, 5.74) is 0.292. The summed E-state index contributed by atoms with van der Waals surface area (Å²) in [6.45, 7) is 2.90. The van der Waals surface area contributed by atoms with E-state index in [0.717, 1.165) is 0 Å². The van der Waals surface area contributed by atoms with Crippen LogP contribution in [0.2, 0.25) is 5.02 Å². The molecule has 5 nitrogen and oxygen atoms in total. The highest BCUT2D eigenvalue weighted by Crippen LogP contribution is 2.45. The standard InChI is InChI=1S/C17H17Cl4NO4/c1-16(2,14(23)25-3)13-11-5-4-6-12(18)10(11)7-8-22(13)15(24)26-9-17(19,20)21/h4-8,13H,9H2,1-3H3/t13-/m1/s1. The van der Waals surface area contributed by atoms with Crippen molar-refractivity contribution in [1.29, 1.82) is 0 Å². The summed E-state index contributed by atoms with van der Waals surface area (Å²) in [7, 11) is 1.28. The Hall–Kier alpha value is -1.14. The van der Waals surface area contributed by atoms with Crippen molar-refractivity contribution < 1.29 is 19.1 Å². The van der Waals surface area contributed by atoms with Crippen LogP contribution >= 0.6 is 46.4 Å². The lowest BCUT2D eigenvalue weighted by molar-refractivity contribution is -0.154. The summed E-state index contributed by atoms with van der Waals surface area (Å²) in [6.07, 6.45) is 2.39. The Bertz CT molecular complexity index is 743. The Kier molecular flexibility index (Phi) is 6.39. The minimum absolute atomic E-state index is 0.436. The monoisotopic (exact) mass is 439 g/mol. The first-order valence-electron chi connectivity index (χ1n) is 7.56. The molecule has 0 saturated heterocycles. The first kappa shape index (κ1) is 21.2. The fourth-order valence-electron chi connectivity index (χ4n) is 2.85. The first-order chi connectivity index (χ1) is 12.0. The number of rotatable bonds is 3. The first-order valence-corrected chi connectivity index (χ1v) is 9.07. The molecule has 0 aromatic heterocycles. The quantitative estimate of drug-likeness (QED) is 0.468. The van der Waals surface area contributed by atoms with Crippen molar-refractivity contribution >= 4 is 64.5 Å². The van der Waals surface area contributed by atoms with Gasteiger partial charge in [-0.2, -0.15) is 0 Å². The average Bonchev–Trinajstić information content (AvgIpc) is 2.57. The molecule has 0 spiro atoms. The Morgan fingerprint density at radius 2 is 1.88 bits per heavy atom. The average molecular weight is 441 g/mol. The molecule has 1 aliphatic rings. The van der Waals surface area contributed by atoms with E-state index in [4.69, 9.17) is 55.9 Å². The number of carbonyl (C=O) groups excluding carboxylic acids is 2. The molecule has 0 aliphatic carbocycles. The van der Waals surface area contributed by atoms with Gasteiger partial charge in [0.05, 0.1) is 18.6 Å². The molecule has 1 amide bonds. The van der Waals surface area contributed by atoms with Crippen LogP contribution in [-0.2, 0) is 14.3 Å². The Balaban J connectivity index is 2.48. The van der Waals surface area contributed by atoms with E-state index in [-0.39, 0.29) is 0 Å². The zero-order valence-corrected chi connectivity index (χ0v) is 17.3. The third kappa shape index (κ3) is 4.39. The number of halogens is 4. The van der Waals surface area contributed by atoms with Gasteiger partial charge in [-0.05, 0) is 37.1 Å². The molecule has 1 aromatic rings. The smallest absolute Gasteiger partial charge is 0.414 e. The lowest BCUT2D eigenvalue weighted by Crippen LogP contribution is -2.45. The normalized spacial score (nSPS) is 16.9. The number of alkyl halides is 3. The highest BCUT2D eigenvalue weighted by molar-refractivity contribution is 6.67. The van der Waals surface area contributed by atoms with Crippen molar-refractivity contribution in [2.24, 2.45) is 5.41 Å². The third-order valence-corrected chi connectivity index (χ3v) is 4.68. The van der Waals surface area contributed by atoms with Crippen LogP contribution in [0.15, 0.2) is 24.4 Å². The minimum Gasteiger partial charge on any atom is -0.469 e. The molecule has 1 aromatic carbocycles. The van der Waals surface area contributed by atoms with E-state index in [0.29, 0.717) is 16.1 Å². The molecule has 1 aliphatic heterocycles. The summed E-state index contributed by atoms with van der Waals surface area (Å²) in [4.78, 5) is 26.3. The number of carbonyl (C=O) groups is 2. The Labute approximate surface area is 171 Å². The van der Waals surface area contributed by atoms with Crippen LogP contribution < -0.4 is 0 Å². The van der Waals surface area contributed by atoms with Crippen LogP contribution in [-0.4, -0.2) is 34.5 Å². The topological polar surface area (TPSA) is 55.8 Å². The molecule has 0 fully saturated rings. The van der Waals surface area contributed by atoms with Crippen molar-refractivity contribution in [3.05, 3.63) is 40.5 Å². The van der Waals surface area contributed by atoms with E-state index in [1.807, 2.05) is 0 Å². The third-order valence-electron chi connectivity index (χ3n) is 4.03. The van der Waals surface area contributed by atoms with Gasteiger partial charge in [0.1, 0.15) is 6.61 Å². The summed E-state index contributed by atoms with van der Waals surface area (Å²) in [6, 6.07) is 4.53. The highest BCUT2D eigenvalue weighted by atomic mass is 35.6. The van der Waals surface area contributed by atoms with Gasteiger partial charge in [0, 0.05) is 11.2 Å². The van der Waals surface area contributed by atoms with Gasteiger partial charge in [0.2, 0.25) is 3.79 Å².